The van der Waals surface area contributed by atoms with Crippen LogP contribution >= 0.6 is 12.2 Å². The molecule has 2 aromatic rings. The highest BCUT2D eigenvalue weighted by Gasteiger charge is 2.29. The average molecular weight is 357 g/mol. The molecule has 1 N–H and O–H groups in total. The van der Waals surface area contributed by atoms with Crippen molar-refractivity contribution in [1.29, 1.82) is 0 Å². The number of nitrogens with zero attached hydrogens (tertiary/aromatic N) is 1. The van der Waals surface area contributed by atoms with Crippen LogP contribution in [-0.4, -0.2) is 16.1 Å². The zero-order valence-electron chi connectivity index (χ0n) is 15.2. The molecule has 0 bridgehead atoms. The van der Waals surface area contributed by atoms with Crippen molar-refractivity contribution in [2.75, 3.05) is 5.32 Å². The molecule has 0 radical (unpaired) electrons. The van der Waals surface area contributed by atoms with Crippen LogP contribution < -0.4 is 5.32 Å². The molecule has 3 rings (SSSR count). The summed E-state index contributed by atoms with van der Waals surface area (Å²) in [5.74, 6) is 0.971. The molecule has 0 aliphatic heterocycles. The van der Waals surface area contributed by atoms with Gasteiger partial charge in [-0.25, -0.2) is 0 Å². The lowest BCUT2D eigenvalue weighted by molar-refractivity contribution is 0.186. The van der Waals surface area contributed by atoms with Gasteiger partial charge in [0.2, 0.25) is 0 Å². The number of anilines is 1. The first-order valence-corrected chi connectivity index (χ1v) is 9.82. The van der Waals surface area contributed by atoms with Crippen LogP contribution in [0.25, 0.3) is 0 Å². The summed E-state index contributed by atoms with van der Waals surface area (Å²) in [5, 5.41) is 4.32. The van der Waals surface area contributed by atoms with E-state index >= 15 is 0 Å². The Balaban J connectivity index is 1.83. The van der Waals surface area contributed by atoms with Crippen molar-refractivity contribution >= 4 is 23.0 Å². The van der Waals surface area contributed by atoms with Crippen LogP contribution in [0.1, 0.15) is 63.3 Å². The van der Waals surface area contributed by atoms with E-state index in [0.717, 1.165) is 23.0 Å². The monoisotopic (exact) mass is 356 g/mol. The third-order valence-electron chi connectivity index (χ3n) is 5.21. The van der Waals surface area contributed by atoms with Crippen molar-refractivity contribution in [3.05, 3.63) is 54.0 Å². The molecule has 1 aromatic carbocycles. The Bertz CT molecular complexity index is 677. The van der Waals surface area contributed by atoms with Gasteiger partial charge < -0.3 is 14.6 Å². The smallest absolute Gasteiger partial charge is 0.174 e. The topological polar surface area (TPSA) is 28.4 Å². The number of rotatable bonds is 5. The fourth-order valence-electron chi connectivity index (χ4n) is 3.81. The van der Waals surface area contributed by atoms with Crippen LogP contribution in [-0.2, 0) is 6.42 Å². The first-order chi connectivity index (χ1) is 12.2. The predicted octanol–water partition coefficient (Wildman–Crippen LogP) is 5.93. The maximum atomic E-state index is 5.87. The SMILES string of the molecule is CCc1ccccc1NC(=S)N(C1CCCCC1)C(C)c1ccco1. The lowest BCUT2D eigenvalue weighted by Gasteiger charge is -2.40. The highest BCUT2D eigenvalue weighted by Crippen LogP contribution is 2.31. The van der Waals surface area contributed by atoms with Gasteiger partial charge in [-0.1, -0.05) is 44.4 Å². The first kappa shape index (κ1) is 18.0. The molecule has 0 saturated heterocycles. The Morgan fingerprint density at radius 3 is 2.64 bits per heavy atom. The maximum Gasteiger partial charge on any atom is 0.174 e. The van der Waals surface area contributed by atoms with E-state index in [1.165, 1.54) is 37.7 Å². The van der Waals surface area contributed by atoms with E-state index in [-0.39, 0.29) is 6.04 Å². The zero-order chi connectivity index (χ0) is 17.6. The summed E-state index contributed by atoms with van der Waals surface area (Å²) in [5.41, 5.74) is 2.40. The summed E-state index contributed by atoms with van der Waals surface area (Å²) >= 11 is 5.87. The van der Waals surface area contributed by atoms with Crippen molar-refractivity contribution < 1.29 is 4.42 Å². The van der Waals surface area contributed by atoms with E-state index in [0.29, 0.717) is 6.04 Å². The van der Waals surface area contributed by atoms with E-state index < -0.39 is 0 Å². The van der Waals surface area contributed by atoms with Crippen LogP contribution in [0.2, 0.25) is 0 Å². The number of nitrogens with one attached hydrogen (secondary N) is 1. The van der Waals surface area contributed by atoms with E-state index in [9.17, 15) is 0 Å². The number of thiocarbonyl (C=S) groups is 1. The largest absolute Gasteiger partial charge is 0.467 e. The van der Waals surface area contributed by atoms with Crippen LogP contribution in [0.15, 0.2) is 47.1 Å². The standard InChI is InChI=1S/C21H28N2OS/c1-3-17-10-7-8-13-19(17)22-21(25)23(18-11-5-4-6-12-18)16(2)20-14-9-15-24-20/h7-10,13-16,18H,3-6,11-12H2,1-2H3,(H,22,25). The number of para-hydroxylation sites is 1. The van der Waals surface area contributed by atoms with Gasteiger partial charge in [-0.05, 0) is 62.2 Å². The maximum absolute atomic E-state index is 5.87. The minimum Gasteiger partial charge on any atom is -0.467 e. The molecule has 0 spiro atoms. The van der Waals surface area contributed by atoms with Gasteiger partial charge in [0.05, 0.1) is 12.3 Å². The fraction of sp³-hybridized carbons (Fsp3) is 0.476. The highest BCUT2D eigenvalue weighted by molar-refractivity contribution is 7.80. The average Bonchev–Trinajstić information content (AvgIpc) is 3.18. The molecule has 1 aromatic heterocycles. The summed E-state index contributed by atoms with van der Waals surface area (Å²) in [4.78, 5) is 2.36. The van der Waals surface area contributed by atoms with Crippen LogP contribution in [0.4, 0.5) is 5.69 Å². The number of hydrogen-bond donors (Lipinski definition) is 1. The van der Waals surface area contributed by atoms with Crippen LogP contribution in [0.3, 0.4) is 0 Å². The summed E-state index contributed by atoms with van der Waals surface area (Å²) in [6.07, 6.45) is 9.01. The molecule has 0 amide bonds. The number of benzene rings is 1. The molecule has 1 saturated carbocycles. The third kappa shape index (κ3) is 4.24. The number of aryl methyl sites for hydroxylation is 1. The van der Waals surface area contributed by atoms with E-state index in [1.807, 2.05) is 12.1 Å². The first-order valence-electron chi connectivity index (χ1n) is 9.41. The molecule has 1 heterocycles. The molecule has 134 valence electrons. The van der Waals surface area contributed by atoms with Crippen molar-refractivity contribution in [1.82, 2.24) is 4.90 Å². The number of hydrogen-bond acceptors (Lipinski definition) is 2. The molecule has 1 aliphatic carbocycles. The molecule has 1 atom stereocenters. The minimum atomic E-state index is 0.131. The normalized spacial score (nSPS) is 16.4. The van der Waals surface area contributed by atoms with Gasteiger partial charge >= 0.3 is 0 Å². The molecule has 4 heteroatoms. The fourth-order valence-corrected chi connectivity index (χ4v) is 4.23. The Kier molecular flexibility index (Phi) is 6.14. The summed E-state index contributed by atoms with van der Waals surface area (Å²) in [6.45, 7) is 4.36. The van der Waals surface area contributed by atoms with E-state index in [4.69, 9.17) is 16.6 Å². The molecular formula is C21H28N2OS. The van der Waals surface area contributed by atoms with Gasteiger partial charge in [0, 0.05) is 11.7 Å². The van der Waals surface area contributed by atoms with Crippen molar-refractivity contribution in [3.63, 3.8) is 0 Å². The van der Waals surface area contributed by atoms with Gasteiger partial charge in [0.1, 0.15) is 5.76 Å². The van der Waals surface area contributed by atoms with Crippen molar-refractivity contribution in [2.45, 2.75) is 64.5 Å². The van der Waals surface area contributed by atoms with Gasteiger partial charge in [-0.2, -0.15) is 0 Å². The molecule has 25 heavy (non-hydrogen) atoms. The van der Waals surface area contributed by atoms with Crippen LogP contribution in [0.5, 0.6) is 0 Å². The Hall–Kier alpha value is -1.81. The highest BCUT2D eigenvalue weighted by atomic mass is 32.1. The van der Waals surface area contributed by atoms with Gasteiger partial charge in [0.25, 0.3) is 0 Å². The van der Waals surface area contributed by atoms with E-state index in [1.54, 1.807) is 6.26 Å². The quantitative estimate of drug-likeness (QED) is 0.672. The van der Waals surface area contributed by atoms with Crippen molar-refractivity contribution in [2.24, 2.45) is 0 Å². The van der Waals surface area contributed by atoms with Crippen molar-refractivity contribution in [3.8, 4) is 0 Å². The third-order valence-corrected chi connectivity index (χ3v) is 5.53. The number of furan rings is 1. The lowest BCUT2D eigenvalue weighted by Crippen LogP contribution is -2.45. The Labute approximate surface area is 156 Å². The summed E-state index contributed by atoms with van der Waals surface area (Å²) in [7, 11) is 0. The molecule has 1 unspecified atom stereocenters. The molecule has 1 aliphatic rings. The summed E-state index contributed by atoms with van der Waals surface area (Å²) < 4.78 is 5.68. The van der Waals surface area contributed by atoms with E-state index in [2.05, 4.69) is 48.3 Å². The Morgan fingerprint density at radius 1 is 1.20 bits per heavy atom. The van der Waals surface area contributed by atoms with Gasteiger partial charge in [-0.3, -0.25) is 0 Å². The second-order valence-electron chi connectivity index (χ2n) is 6.83. The minimum absolute atomic E-state index is 0.131. The predicted molar refractivity (Wildman–Crippen MR) is 108 cm³/mol. The molecular weight excluding hydrogens is 328 g/mol. The Morgan fingerprint density at radius 2 is 1.96 bits per heavy atom. The molecule has 3 nitrogen and oxygen atoms in total. The van der Waals surface area contributed by atoms with Gasteiger partial charge in [0.15, 0.2) is 5.11 Å². The molecule has 1 fully saturated rings. The second kappa shape index (κ2) is 8.52. The van der Waals surface area contributed by atoms with Gasteiger partial charge in [-0.15, -0.1) is 0 Å². The summed E-state index contributed by atoms with van der Waals surface area (Å²) in [6, 6.07) is 13.0. The lowest BCUT2D eigenvalue weighted by atomic mass is 9.93. The zero-order valence-corrected chi connectivity index (χ0v) is 16.0. The van der Waals surface area contributed by atoms with Crippen LogP contribution in [0, 0.1) is 0 Å². The second-order valence-corrected chi connectivity index (χ2v) is 7.22.